The van der Waals surface area contributed by atoms with Crippen LogP contribution in [0.1, 0.15) is 10.5 Å². The summed E-state index contributed by atoms with van der Waals surface area (Å²) in [6.07, 6.45) is 1.67. The first-order valence-corrected chi connectivity index (χ1v) is 9.68. The molecular weight excluding hydrogens is 420 g/mol. The third kappa shape index (κ3) is 4.95. The Morgan fingerprint density at radius 1 is 1.03 bits per heavy atom. The molecule has 0 saturated carbocycles. The Kier molecular flexibility index (Phi) is 7.58. The highest BCUT2D eigenvalue weighted by molar-refractivity contribution is 6.03. The number of benzene rings is 1. The first-order valence-electron chi connectivity index (χ1n) is 9.68. The minimum absolute atomic E-state index is 0.0534. The summed E-state index contributed by atoms with van der Waals surface area (Å²) in [5.41, 5.74) is 1.70. The van der Waals surface area contributed by atoms with Crippen LogP contribution in [0.4, 0.5) is 5.69 Å². The third-order valence-corrected chi connectivity index (χ3v) is 4.67. The number of methoxy groups -OCH3 is 3. The van der Waals surface area contributed by atoms with Gasteiger partial charge in [0.05, 0.1) is 38.7 Å². The van der Waals surface area contributed by atoms with Crippen LogP contribution in [0.15, 0.2) is 47.8 Å². The van der Waals surface area contributed by atoms with E-state index in [1.165, 1.54) is 19.1 Å². The van der Waals surface area contributed by atoms with Gasteiger partial charge in [-0.15, -0.1) is 0 Å². The Morgan fingerprint density at radius 2 is 1.72 bits per heavy atom. The van der Waals surface area contributed by atoms with Gasteiger partial charge in [-0.1, -0.05) is 0 Å². The number of ether oxygens (including phenoxy) is 4. The van der Waals surface area contributed by atoms with E-state index in [1.807, 2.05) is 0 Å². The normalized spacial score (nSPS) is 13.7. The van der Waals surface area contributed by atoms with Gasteiger partial charge in [0.2, 0.25) is 0 Å². The van der Waals surface area contributed by atoms with Crippen molar-refractivity contribution in [3.63, 3.8) is 0 Å². The summed E-state index contributed by atoms with van der Waals surface area (Å²) >= 11 is 0. The Labute approximate surface area is 184 Å². The molecule has 11 nitrogen and oxygen atoms in total. The summed E-state index contributed by atoms with van der Waals surface area (Å²) in [5, 5.41) is 6.99. The van der Waals surface area contributed by atoms with Gasteiger partial charge in [0.15, 0.2) is 5.69 Å². The second-order valence-corrected chi connectivity index (χ2v) is 6.63. The number of carbonyl (C=O) groups excluding carboxylic acids is 3. The Bertz CT molecular complexity index is 1010. The Balaban J connectivity index is 1.83. The molecule has 1 aromatic carbocycles. The largest absolute Gasteiger partial charge is 0.466 e. The van der Waals surface area contributed by atoms with Crippen molar-refractivity contribution in [1.29, 1.82) is 0 Å². The van der Waals surface area contributed by atoms with Crippen molar-refractivity contribution >= 4 is 23.5 Å². The molecule has 0 aliphatic carbocycles. The summed E-state index contributed by atoms with van der Waals surface area (Å²) in [5.74, 6) is -1.64. The maximum absolute atomic E-state index is 12.4. The van der Waals surface area contributed by atoms with E-state index >= 15 is 0 Å². The van der Waals surface area contributed by atoms with Gasteiger partial charge in [-0.3, -0.25) is 4.79 Å². The molecule has 0 radical (unpaired) electrons. The zero-order valence-corrected chi connectivity index (χ0v) is 18.0. The van der Waals surface area contributed by atoms with Crippen LogP contribution in [-0.2, 0) is 28.5 Å². The molecule has 1 amide bonds. The number of esters is 2. The Morgan fingerprint density at radius 3 is 2.38 bits per heavy atom. The predicted octanol–water partition coefficient (Wildman–Crippen LogP) is 0.643. The molecule has 170 valence electrons. The molecule has 3 rings (SSSR count). The molecule has 2 aromatic rings. The van der Waals surface area contributed by atoms with E-state index in [1.54, 1.807) is 48.3 Å². The van der Waals surface area contributed by atoms with Gasteiger partial charge >= 0.3 is 11.9 Å². The number of rotatable bonds is 8. The maximum Gasteiger partial charge on any atom is 0.355 e. The number of hydrogen-bond donors (Lipinski definition) is 1. The zero-order valence-electron chi connectivity index (χ0n) is 18.0. The summed E-state index contributed by atoms with van der Waals surface area (Å²) in [4.78, 5) is 38.1. The molecule has 32 heavy (non-hydrogen) atoms. The molecule has 0 atom stereocenters. The van der Waals surface area contributed by atoms with E-state index in [9.17, 15) is 14.4 Å². The molecule has 1 aliphatic heterocycles. The molecule has 0 bridgehead atoms. The molecule has 2 heterocycles. The topological polar surface area (TPSA) is 121 Å². The molecule has 0 saturated heterocycles. The number of nitrogens with one attached hydrogen (secondary N) is 1. The summed E-state index contributed by atoms with van der Waals surface area (Å²) in [6, 6.07) is 8.60. The minimum Gasteiger partial charge on any atom is -0.466 e. The SMILES string of the molecule is COCCNC(=O)c1ccn(-c2ccc(N3COCC(C(=O)OC)=C3C(=O)OC)cc2)n1. The zero-order chi connectivity index (χ0) is 23.1. The third-order valence-electron chi connectivity index (χ3n) is 4.67. The molecule has 1 aliphatic rings. The van der Waals surface area contributed by atoms with E-state index in [4.69, 9.17) is 18.9 Å². The first-order chi connectivity index (χ1) is 15.5. The van der Waals surface area contributed by atoms with Crippen LogP contribution in [0.3, 0.4) is 0 Å². The van der Waals surface area contributed by atoms with Crippen molar-refractivity contribution < 1.29 is 33.3 Å². The second-order valence-electron chi connectivity index (χ2n) is 6.63. The summed E-state index contributed by atoms with van der Waals surface area (Å²) < 4.78 is 21.6. The van der Waals surface area contributed by atoms with E-state index < -0.39 is 11.9 Å². The lowest BCUT2D eigenvalue weighted by Crippen LogP contribution is -2.38. The number of anilines is 1. The number of nitrogens with zero attached hydrogens (tertiary/aromatic N) is 3. The molecular formula is C21H24N4O7. The van der Waals surface area contributed by atoms with E-state index in [2.05, 4.69) is 10.4 Å². The van der Waals surface area contributed by atoms with E-state index in [0.29, 0.717) is 24.5 Å². The van der Waals surface area contributed by atoms with Crippen LogP contribution >= 0.6 is 0 Å². The average Bonchev–Trinajstić information content (AvgIpc) is 3.33. The standard InChI is InChI=1S/C21H24N4O7/c1-29-11-9-22-19(26)17-8-10-25(23-17)15-6-4-14(5-7-15)24-13-32-12-16(20(27)30-2)18(24)21(28)31-3/h4-8,10H,9,11-13H2,1-3H3,(H,22,26). The van der Waals surface area contributed by atoms with Crippen molar-refractivity contribution in [3.05, 3.63) is 53.5 Å². The van der Waals surface area contributed by atoms with Gasteiger partial charge in [-0.05, 0) is 30.3 Å². The lowest BCUT2D eigenvalue weighted by molar-refractivity contribution is -0.140. The fourth-order valence-electron chi connectivity index (χ4n) is 3.08. The van der Waals surface area contributed by atoms with E-state index in [-0.39, 0.29) is 36.2 Å². The predicted molar refractivity (Wildman–Crippen MR) is 112 cm³/mol. The van der Waals surface area contributed by atoms with Crippen molar-refractivity contribution in [1.82, 2.24) is 15.1 Å². The van der Waals surface area contributed by atoms with Crippen LogP contribution in [0.5, 0.6) is 0 Å². The van der Waals surface area contributed by atoms with Gasteiger partial charge in [-0.2, -0.15) is 5.10 Å². The Hall–Kier alpha value is -3.70. The minimum atomic E-state index is -0.672. The first kappa shape index (κ1) is 23.0. The highest BCUT2D eigenvalue weighted by Gasteiger charge is 2.32. The molecule has 1 N–H and O–H groups in total. The number of aromatic nitrogens is 2. The average molecular weight is 444 g/mol. The second kappa shape index (κ2) is 10.6. The fourth-order valence-corrected chi connectivity index (χ4v) is 3.08. The van der Waals surface area contributed by atoms with Crippen LogP contribution in [0.2, 0.25) is 0 Å². The lowest BCUT2D eigenvalue weighted by Gasteiger charge is -2.31. The van der Waals surface area contributed by atoms with Crippen LogP contribution < -0.4 is 10.2 Å². The summed E-state index contributed by atoms with van der Waals surface area (Å²) in [6.45, 7) is 0.790. The highest BCUT2D eigenvalue weighted by atomic mass is 16.5. The van der Waals surface area contributed by atoms with E-state index in [0.717, 1.165) is 0 Å². The lowest BCUT2D eigenvalue weighted by atomic mass is 10.1. The number of hydrogen-bond acceptors (Lipinski definition) is 9. The van der Waals surface area contributed by atoms with Crippen LogP contribution in [-0.4, -0.2) is 75.4 Å². The monoisotopic (exact) mass is 444 g/mol. The van der Waals surface area contributed by atoms with Gasteiger partial charge in [0.25, 0.3) is 5.91 Å². The van der Waals surface area contributed by atoms with Gasteiger partial charge in [-0.25, -0.2) is 14.3 Å². The number of amides is 1. The van der Waals surface area contributed by atoms with Crippen molar-refractivity contribution in [2.45, 2.75) is 0 Å². The molecule has 11 heteroatoms. The van der Waals surface area contributed by atoms with Crippen LogP contribution in [0, 0.1) is 0 Å². The fraction of sp³-hybridized carbons (Fsp3) is 0.333. The molecule has 0 fully saturated rings. The van der Waals surface area contributed by atoms with Crippen LogP contribution in [0.25, 0.3) is 5.69 Å². The van der Waals surface area contributed by atoms with Gasteiger partial charge in [0, 0.05) is 25.5 Å². The van der Waals surface area contributed by atoms with Crippen molar-refractivity contribution in [2.75, 3.05) is 52.7 Å². The summed E-state index contributed by atoms with van der Waals surface area (Å²) in [7, 11) is 4.02. The molecule has 0 spiro atoms. The highest BCUT2D eigenvalue weighted by Crippen LogP contribution is 2.27. The quantitative estimate of drug-likeness (QED) is 0.462. The van der Waals surface area contributed by atoms with Gasteiger partial charge in [0.1, 0.15) is 12.4 Å². The molecule has 1 aromatic heterocycles. The van der Waals surface area contributed by atoms with Crippen molar-refractivity contribution in [3.8, 4) is 5.69 Å². The molecule has 0 unspecified atom stereocenters. The van der Waals surface area contributed by atoms with Crippen molar-refractivity contribution in [2.24, 2.45) is 0 Å². The smallest absolute Gasteiger partial charge is 0.355 e. The number of carbonyl (C=O) groups is 3. The maximum atomic E-state index is 12.4. The van der Waals surface area contributed by atoms with Gasteiger partial charge < -0.3 is 29.2 Å².